The Morgan fingerprint density at radius 1 is 1.21 bits per heavy atom. The first-order valence-corrected chi connectivity index (χ1v) is 10.7. The lowest BCUT2D eigenvalue weighted by Crippen LogP contribution is -2.45. The van der Waals surface area contributed by atoms with E-state index < -0.39 is 24.3 Å². The van der Waals surface area contributed by atoms with Gasteiger partial charge in [0.1, 0.15) is 6.61 Å². The molecule has 0 unspecified atom stereocenters. The highest BCUT2D eigenvalue weighted by atomic mass is 16.5. The average Bonchev–Trinajstić information content (AvgIpc) is 2.83. The number of amides is 2. The first-order chi connectivity index (χ1) is 16.4. The van der Waals surface area contributed by atoms with E-state index in [1.165, 1.54) is 7.11 Å². The number of esters is 1. The molecule has 0 aliphatic carbocycles. The van der Waals surface area contributed by atoms with Crippen LogP contribution in [0.15, 0.2) is 64.9 Å². The van der Waals surface area contributed by atoms with Crippen LogP contribution in [-0.2, 0) is 9.53 Å². The monoisotopic (exact) mass is 468 g/mol. The van der Waals surface area contributed by atoms with Gasteiger partial charge in [0.15, 0.2) is 17.7 Å². The fraction of sp³-hybridized carbons (Fsp3) is 0.292. The highest BCUT2D eigenvalue weighted by Crippen LogP contribution is 2.34. The van der Waals surface area contributed by atoms with Crippen LogP contribution in [-0.4, -0.2) is 49.9 Å². The SMILES string of the molecule is CCOc1cc([C@H]2NC(=O)NC(C)=C2C(=O)OC)ccc1OC[C@@H](O)N/N=C\c1ccccc1. The van der Waals surface area contributed by atoms with Gasteiger partial charge in [0, 0.05) is 5.70 Å². The topological polar surface area (TPSA) is 131 Å². The van der Waals surface area contributed by atoms with Gasteiger partial charge < -0.3 is 30.0 Å². The van der Waals surface area contributed by atoms with Gasteiger partial charge in [0.25, 0.3) is 0 Å². The van der Waals surface area contributed by atoms with Crippen molar-refractivity contribution in [2.75, 3.05) is 20.3 Å². The van der Waals surface area contributed by atoms with E-state index >= 15 is 0 Å². The highest BCUT2D eigenvalue weighted by molar-refractivity contribution is 5.95. The number of nitrogens with zero attached hydrogens (tertiary/aromatic N) is 1. The molecule has 1 aliphatic heterocycles. The number of rotatable bonds is 10. The second kappa shape index (κ2) is 11.7. The van der Waals surface area contributed by atoms with E-state index in [1.807, 2.05) is 37.3 Å². The number of allylic oxidation sites excluding steroid dienone is 1. The van der Waals surface area contributed by atoms with Gasteiger partial charge in [0.05, 0.1) is 31.5 Å². The summed E-state index contributed by atoms with van der Waals surface area (Å²) in [4.78, 5) is 24.4. The Morgan fingerprint density at radius 3 is 2.68 bits per heavy atom. The first-order valence-electron chi connectivity index (χ1n) is 10.7. The molecule has 2 amide bonds. The van der Waals surface area contributed by atoms with Crippen LogP contribution >= 0.6 is 0 Å². The highest BCUT2D eigenvalue weighted by Gasteiger charge is 2.32. The van der Waals surface area contributed by atoms with Crippen molar-refractivity contribution in [3.8, 4) is 11.5 Å². The summed E-state index contributed by atoms with van der Waals surface area (Å²) in [6.07, 6.45) is 0.528. The van der Waals surface area contributed by atoms with E-state index in [9.17, 15) is 14.7 Å². The zero-order valence-corrected chi connectivity index (χ0v) is 19.2. The number of carbonyl (C=O) groups is 2. The molecule has 0 aromatic heterocycles. The quantitative estimate of drug-likeness (QED) is 0.182. The van der Waals surface area contributed by atoms with Crippen LogP contribution in [0, 0.1) is 0 Å². The lowest BCUT2D eigenvalue weighted by Gasteiger charge is -2.28. The second-order valence-electron chi connectivity index (χ2n) is 7.33. The largest absolute Gasteiger partial charge is 0.490 e. The number of methoxy groups -OCH3 is 1. The number of ether oxygens (including phenoxy) is 3. The van der Waals surface area contributed by atoms with Gasteiger partial charge in [-0.1, -0.05) is 36.4 Å². The molecule has 0 saturated carbocycles. The Kier molecular flexibility index (Phi) is 8.47. The van der Waals surface area contributed by atoms with Crippen molar-refractivity contribution in [2.45, 2.75) is 26.1 Å². The molecule has 10 nitrogen and oxygen atoms in total. The molecule has 34 heavy (non-hydrogen) atoms. The zero-order valence-electron chi connectivity index (χ0n) is 19.2. The van der Waals surface area contributed by atoms with Gasteiger partial charge in [-0.05, 0) is 37.1 Å². The summed E-state index contributed by atoms with van der Waals surface area (Å²) in [7, 11) is 1.28. The number of carbonyl (C=O) groups excluding carboxylic acids is 2. The first kappa shape index (κ1) is 24.6. The minimum Gasteiger partial charge on any atom is -0.490 e. The molecule has 10 heteroatoms. The summed E-state index contributed by atoms with van der Waals surface area (Å²) >= 11 is 0. The summed E-state index contributed by atoms with van der Waals surface area (Å²) in [6, 6.07) is 13.3. The molecule has 2 aromatic rings. The molecular weight excluding hydrogens is 440 g/mol. The van der Waals surface area contributed by atoms with E-state index in [1.54, 1.807) is 31.3 Å². The molecule has 4 N–H and O–H groups in total. The Hall–Kier alpha value is -4.05. The van der Waals surface area contributed by atoms with Crippen molar-refractivity contribution in [1.82, 2.24) is 16.1 Å². The van der Waals surface area contributed by atoms with Gasteiger partial charge in [-0.2, -0.15) is 5.10 Å². The maximum absolute atomic E-state index is 12.3. The van der Waals surface area contributed by atoms with Crippen molar-refractivity contribution in [1.29, 1.82) is 0 Å². The molecule has 1 heterocycles. The smallest absolute Gasteiger partial charge is 0.337 e. The van der Waals surface area contributed by atoms with E-state index in [4.69, 9.17) is 14.2 Å². The number of nitrogens with one attached hydrogen (secondary N) is 3. The molecule has 1 aliphatic rings. The van der Waals surface area contributed by atoms with Crippen molar-refractivity contribution >= 4 is 18.2 Å². The summed E-state index contributed by atoms with van der Waals surface area (Å²) < 4.78 is 16.3. The normalized spacial score (nSPS) is 16.5. The molecule has 0 saturated heterocycles. The molecule has 0 bridgehead atoms. The van der Waals surface area contributed by atoms with Crippen molar-refractivity contribution < 1.29 is 28.9 Å². The lowest BCUT2D eigenvalue weighted by molar-refractivity contribution is -0.136. The summed E-state index contributed by atoms with van der Waals surface area (Å²) in [5.74, 6) is 0.229. The minimum absolute atomic E-state index is 0.0952. The molecule has 180 valence electrons. The molecule has 0 spiro atoms. The zero-order chi connectivity index (χ0) is 24.5. The molecule has 2 atom stereocenters. The van der Waals surface area contributed by atoms with Crippen LogP contribution in [0.2, 0.25) is 0 Å². The average molecular weight is 469 g/mol. The van der Waals surface area contributed by atoms with Crippen molar-refractivity contribution in [3.63, 3.8) is 0 Å². The van der Waals surface area contributed by atoms with E-state index in [-0.39, 0.29) is 12.2 Å². The Labute approximate surface area is 197 Å². The predicted octanol–water partition coefficient (Wildman–Crippen LogP) is 2.21. The van der Waals surface area contributed by atoms with Crippen LogP contribution in [0.25, 0.3) is 0 Å². The third kappa shape index (κ3) is 6.26. The number of aliphatic hydroxyl groups excluding tert-OH is 1. The van der Waals surface area contributed by atoms with Gasteiger partial charge >= 0.3 is 12.0 Å². The van der Waals surface area contributed by atoms with Gasteiger partial charge in [0.2, 0.25) is 0 Å². The maximum Gasteiger partial charge on any atom is 0.337 e. The number of hydrazone groups is 1. The predicted molar refractivity (Wildman–Crippen MR) is 125 cm³/mol. The van der Waals surface area contributed by atoms with Gasteiger partial charge in [-0.3, -0.25) is 5.43 Å². The number of hydrogen-bond acceptors (Lipinski definition) is 8. The van der Waals surface area contributed by atoms with Crippen LogP contribution in [0.1, 0.15) is 31.0 Å². The lowest BCUT2D eigenvalue weighted by atomic mass is 9.95. The number of hydrogen-bond donors (Lipinski definition) is 4. The van der Waals surface area contributed by atoms with E-state index in [0.717, 1.165) is 5.56 Å². The summed E-state index contributed by atoms with van der Waals surface area (Å²) in [5.41, 5.74) is 4.79. The maximum atomic E-state index is 12.3. The number of aliphatic hydroxyl groups is 1. The third-order valence-corrected chi connectivity index (χ3v) is 4.91. The molecular formula is C24H28N4O6. The van der Waals surface area contributed by atoms with Crippen LogP contribution in [0.4, 0.5) is 4.79 Å². The van der Waals surface area contributed by atoms with Crippen LogP contribution in [0.3, 0.4) is 0 Å². The van der Waals surface area contributed by atoms with E-state index in [2.05, 4.69) is 21.2 Å². The number of urea groups is 1. The third-order valence-electron chi connectivity index (χ3n) is 4.91. The summed E-state index contributed by atoms with van der Waals surface area (Å²) in [5, 5.41) is 19.5. The van der Waals surface area contributed by atoms with Crippen LogP contribution < -0.4 is 25.5 Å². The Balaban J connectivity index is 1.72. The van der Waals surface area contributed by atoms with Crippen LogP contribution in [0.5, 0.6) is 11.5 Å². The van der Waals surface area contributed by atoms with Crippen molar-refractivity contribution in [2.24, 2.45) is 5.10 Å². The molecule has 0 fully saturated rings. The van der Waals surface area contributed by atoms with Crippen molar-refractivity contribution in [3.05, 3.63) is 70.9 Å². The minimum atomic E-state index is -1.06. The second-order valence-corrected chi connectivity index (χ2v) is 7.33. The fourth-order valence-corrected chi connectivity index (χ4v) is 3.36. The Morgan fingerprint density at radius 2 is 1.97 bits per heavy atom. The van der Waals surface area contributed by atoms with E-state index in [0.29, 0.717) is 29.4 Å². The Bertz CT molecular complexity index is 1070. The molecule has 0 radical (unpaired) electrons. The summed E-state index contributed by atoms with van der Waals surface area (Å²) in [6.45, 7) is 3.72. The van der Waals surface area contributed by atoms with Gasteiger partial charge in [-0.25, -0.2) is 9.59 Å². The molecule has 2 aromatic carbocycles. The standard InChI is InChI=1S/C24H28N4O6/c1-4-33-19-12-17(22-21(23(30)32-3)15(2)26-24(31)27-22)10-11-18(19)34-14-20(29)28-25-13-16-8-6-5-7-9-16/h5-13,20,22,28-29H,4,14H2,1-3H3,(H2,26,27,31)/b25-13-/t20-,22-/m1/s1. The van der Waals surface area contributed by atoms with Gasteiger partial charge in [-0.15, -0.1) is 0 Å². The fourth-order valence-electron chi connectivity index (χ4n) is 3.36. The number of benzene rings is 2. The molecule has 3 rings (SSSR count).